The first-order valence-corrected chi connectivity index (χ1v) is 9.24. The first-order chi connectivity index (χ1) is 13.4. The lowest BCUT2D eigenvalue weighted by Crippen LogP contribution is -2.62. The van der Waals surface area contributed by atoms with Gasteiger partial charge in [-0.2, -0.15) is 13.2 Å². The van der Waals surface area contributed by atoms with Crippen molar-refractivity contribution in [3.05, 3.63) is 12.2 Å². The number of ether oxygens (including phenoxy) is 1. The summed E-state index contributed by atoms with van der Waals surface area (Å²) in [6, 6.07) is -0.673. The van der Waals surface area contributed by atoms with Crippen LogP contribution in [0, 0.1) is 5.92 Å². The molecule has 2 saturated heterocycles. The Hall–Kier alpha value is -2.14. The van der Waals surface area contributed by atoms with Crippen molar-refractivity contribution in [1.29, 1.82) is 0 Å². The Morgan fingerprint density at radius 1 is 1.28 bits per heavy atom. The molecule has 166 valence electrons. The number of aliphatic carboxylic acids is 2. The molecule has 2 aliphatic heterocycles. The Morgan fingerprint density at radius 3 is 2.28 bits per heavy atom. The van der Waals surface area contributed by atoms with Gasteiger partial charge in [-0.05, 0) is 32.6 Å². The van der Waals surface area contributed by atoms with Gasteiger partial charge in [-0.15, -0.1) is 0 Å². The number of halogens is 3. The summed E-state index contributed by atoms with van der Waals surface area (Å²) in [6.45, 7) is 6.65. The summed E-state index contributed by atoms with van der Waals surface area (Å²) >= 11 is 0. The highest BCUT2D eigenvalue weighted by Crippen LogP contribution is 2.38. The van der Waals surface area contributed by atoms with Crippen LogP contribution >= 0.6 is 0 Å². The summed E-state index contributed by atoms with van der Waals surface area (Å²) in [5.41, 5.74) is 0. The number of fused-ring (bicyclic) bond motifs is 1. The van der Waals surface area contributed by atoms with Crippen LogP contribution in [0.2, 0.25) is 0 Å². The molecule has 8 nitrogen and oxygen atoms in total. The molecule has 0 saturated carbocycles. The second-order valence-corrected chi connectivity index (χ2v) is 6.82. The number of carboxylic acid groups (broad SMARTS) is 2. The van der Waals surface area contributed by atoms with Gasteiger partial charge in [0.25, 0.3) is 0 Å². The minimum atomic E-state index is -5.08. The van der Waals surface area contributed by atoms with Crippen LogP contribution in [0.3, 0.4) is 0 Å². The lowest BCUT2D eigenvalue weighted by atomic mass is 9.86. The number of nitrogens with zero attached hydrogens (tertiary/aromatic N) is 1. The molecule has 0 spiro atoms. The minimum absolute atomic E-state index is 0.0218. The lowest BCUT2D eigenvalue weighted by molar-refractivity contribution is -0.192. The number of carboxylic acids is 2. The first kappa shape index (κ1) is 24.9. The molecular formula is C18H27F3N2O6. The molecule has 0 aliphatic carbocycles. The fourth-order valence-electron chi connectivity index (χ4n) is 3.94. The molecule has 11 heteroatoms. The number of alkyl halides is 3. The standard InChI is InChI=1S/C16H26N2O4.C2HF3O2/c1-4-6-11-9-12(16(20)21)18-8-7-13(22-5-2)14(15(11)18)17-10(3)19;3-2(4,5)1(6)7/h4,6,11-15H,5,7-9H2,1-3H3,(H,17,19)(H,20,21);(H,6,7)/b6-4-;/t11-,12-,13-,14+,15-;/m1./s1. The Labute approximate surface area is 166 Å². The van der Waals surface area contributed by atoms with Gasteiger partial charge in [0, 0.05) is 26.1 Å². The van der Waals surface area contributed by atoms with Crippen LogP contribution in [-0.4, -0.2) is 76.5 Å². The van der Waals surface area contributed by atoms with E-state index in [1.807, 2.05) is 24.8 Å². The van der Waals surface area contributed by atoms with Gasteiger partial charge in [0.2, 0.25) is 5.91 Å². The van der Waals surface area contributed by atoms with Gasteiger partial charge in [-0.1, -0.05) is 12.2 Å². The van der Waals surface area contributed by atoms with Crippen LogP contribution in [-0.2, 0) is 19.1 Å². The molecule has 0 bridgehead atoms. The highest BCUT2D eigenvalue weighted by atomic mass is 19.4. The molecule has 0 unspecified atom stereocenters. The van der Waals surface area contributed by atoms with E-state index < -0.39 is 24.2 Å². The Kier molecular flexibility index (Phi) is 9.09. The Balaban J connectivity index is 0.000000516. The summed E-state index contributed by atoms with van der Waals surface area (Å²) in [7, 11) is 0. The van der Waals surface area contributed by atoms with Crippen LogP contribution in [0.1, 0.15) is 33.6 Å². The maximum absolute atomic E-state index is 11.6. The highest BCUT2D eigenvalue weighted by Gasteiger charge is 2.51. The number of rotatable bonds is 5. The van der Waals surface area contributed by atoms with E-state index in [4.69, 9.17) is 14.6 Å². The van der Waals surface area contributed by atoms with Crippen LogP contribution in [0.5, 0.6) is 0 Å². The van der Waals surface area contributed by atoms with Crippen molar-refractivity contribution in [3.8, 4) is 0 Å². The van der Waals surface area contributed by atoms with Crippen molar-refractivity contribution < 1.29 is 42.5 Å². The predicted molar refractivity (Wildman–Crippen MR) is 96.2 cm³/mol. The number of amides is 1. The third-order valence-corrected chi connectivity index (χ3v) is 4.88. The summed E-state index contributed by atoms with van der Waals surface area (Å²) in [5.74, 6) is -3.53. The molecule has 2 heterocycles. The zero-order valence-electron chi connectivity index (χ0n) is 16.5. The van der Waals surface area contributed by atoms with Gasteiger partial charge in [-0.3, -0.25) is 14.5 Å². The molecule has 29 heavy (non-hydrogen) atoms. The second-order valence-electron chi connectivity index (χ2n) is 6.82. The monoisotopic (exact) mass is 424 g/mol. The number of piperidine rings is 1. The van der Waals surface area contributed by atoms with E-state index >= 15 is 0 Å². The third kappa shape index (κ3) is 6.70. The highest BCUT2D eigenvalue weighted by molar-refractivity contribution is 5.75. The SMILES string of the molecule is C/C=C\[C@@H]1C[C@H](C(=O)O)N2CC[C@@H](OCC)[C@H](NC(C)=O)[C@@H]12.O=C(O)C(F)(F)F. The lowest BCUT2D eigenvalue weighted by Gasteiger charge is -2.44. The van der Waals surface area contributed by atoms with Crippen molar-refractivity contribution in [2.75, 3.05) is 13.2 Å². The Bertz CT molecular complexity index is 625. The number of hydrogen-bond donors (Lipinski definition) is 3. The summed E-state index contributed by atoms with van der Waals surface area (Å²) in [4.78, 5) is 34.1. The zero-order chi connectivity index (χ0) is 22.4. The molecule has 0 aromatic heterocycles. The normalized spacial score (nSPS) is 29.7. The van der Waals surface area contributed by atoms with Gasteiger partial charge >= 0.3 is 18.1 Å². The average Bonchev–Trinajstić information content (AvgIpc) is 2.96. The fourth-order valence-corrected chi connectivity index (χ4v) is 3.94. The smallest absolute Gasteiger partial charge is 0.480 e. The van der Waals surface area contributed by atoms with Crippen molar-refractivity contribution >= 4 is 17.8 Å². The number of carbonyl (C=O) groups excluding carboxylic acids is 1. The molecule has 5 atom stereocenters. The number of allylic oxidation sites excluding steroid dienone is 1. The van der Waals surface area contributed by atoms with Crippen LogP contribution in [0.25, 0.3) is 0 Å². The third-order valence-electron chi connectivity index (χ3n) is 4.88. The molecule has 2 rings (SSSR count). The van der Waals surface area contributed by atoms with Gasteiger partial charge in [0.05, 0.1) is 12.1 Å². The van der Waals surface area contributed by atoms with E-state index in [1.165, 1.54) is 6.92 Å². The minimum Gasteiger partial charge on any atom is -0.480 e. The number of nitrogens with one attached hydrogen (secondary N) is 1. The van der Waals surface area contributed by atoms with Crippen LogP contribution in [0.15, 0.2) is 12.2 Å². The molecule has 0 aromatic rings. The van der Waals surface area contributed by atoms with Crippen LogP contribution < -0.4 is 5.32 Å². The van der Waals surface area contributed by atoms with E-state index in [0.717, 1.165) is 6.42 Å². The van der Waals surface area contributed by atoms with Crippen molar-refractivity contribution in [2.24, 2.45) is 5.92 Å². The molecule has 2 aliphatic rings. The second kappa shape index (κ2) is 10.6. The van der Waals surface area contributed by atoms with Crippen LogP contribution in [0.4, 0.5) is 13.2 Å². The van der Waals surface area contributed by atoms with Crippen molar-refractivity contribution in [1.82, 2.24) is 10.2 Å². The average molecular weight is 424 g/mol. The van der Waals surface area contributed by atoms with Crippen molar-refractivity contribution in [2.45, 2.75) is 64.0 Å². The van der Waals surface area contributed by atoms with Gasteiger partial charge < -0.3 is 20.3 Å². The maximum atomic E-state index is 11.6. The topological polar surface area (TPSA) is 116 Å². The van der Waals surface area contributed by atoms with Gasteiger partial charge in [0.1, 0.15) is 6.04 Å². The zero-order valence-corrected chi connectivity index (χ0v) is 16.5. The molecule has 0 aromatic carbocycles. The van der Waals surface area contributed by atoms with Gasteiger partial charge in [-0.25, -0.2) is 4.79 Å². The molecule has 1 amide bonds. The van der Waals surface area contributed by atoms with E-state index in [0.29, 0.717) is 19.6 Å². The van der Waals surface area contributed by atoms with Crippen molar-refractivity contribution in [3.63, 3.8) is 0 Å². The van der Waals surface area contributed by atoms with E-state index in [2.05, 4.69) is 11.4 Å². The summed E-state index contributed by atoms with van der Waals surface area (Å²) < 4.78 is 37.5. The first-order valence-electron chi connectivity index (χ1n) is 9.24. The van der Waals surface area contributed by atoms with E-state index in [-0.39, 0.29) is 30.0 Å². The largest absolute Gasteiger partial charge is 0.490 e. The molecule has 2 fully saturated rings. The van der Waals surface area contributed by atoms with E-state index in [9.17, 15) is 27.9 Å². The number of hydrogen-bond acceptors (Lipinski definition) is 5. The Morgan fingerprint density at radius 2 is 1.86 bits per heavy atom. The van der Waals surface area contributed by atoms with Gasteiger partial charge in [0.15, 0.2) is 0 Å². The molecule has 3 N–H and O–H groups in total. The summed E-state index contributed by atoms with van der Waals surface area (Å²) in [5, 5.41) is 19.6. The molecular weight excluding hydrogens is 397 g/mol. The quantitative estimate of drug-likeness (QED) is 0.575. The van der Waals surface area contributed by atoms with E-state index in [1.54, 1.807) is 0 Å². The maximum Gasteiger partial charge on any atom is 0.490 e. The summed E-state index contributed by atoms with van der Waals surface area (Å²) in [6.07, 6.45) is 0.197. The predicted octanol–water partition coefficient (Wildman–Crippen LogP) is 1.65. The fraction of sp³-hybridized carbons (Fsp3) is 0.722. The molecule has 0 radical (unpaired) electrons. The number of carbonyl (C=O) groups is 3.